The van der Waals surface area contributed by atoms with Gasteiger partial charge >= 0.3 is 6.03 Å². The van der Waals surface area contributed by atoms with E-state index in [4.69, 9.17) is 4.74 Å². The normalized spacial score (nSPS) is 12.0. The second kappa shape index (κ2) is 7.62. The van der Waals surface area contributed by atoms with Crippen molar-refractivity contribution in [2.45, 2.75) is 46.4 Å². The quantitative estimate of drug-likeness (QED) is 0.763. The summed E-state index contributed by atoms with van der Waals surface area (Å²) < 4.78 is 5.80. The molecule has 2 rings (SSSR count). The predicted octanol–water partition coefficient (Wildman–Crippen LogP) is 2.46. The molecule has 0 radical (unpaired) electrons. The highest BCUT2D eigenvalue weighted by molar-refractivity contribution is 5.74. The van der Waals surface area contributed by atoms with Gasteiger partial charge < -0.3 is 15.4 Å². The predicted molar refractivity (Wildman–Crippen MR) is 87.1 cm³/mol. The molecule has 0 aliphatic rings. The molecule has 7 heteroatoms. The Kier molecular flexibility index (Phi) is 5.56. The Hall–Kier alpha value is -2.57. The van der Waals surface area contributed by atoms with E-state index in [0.29, 0.717) is 12.4 Å². The molecule has 2 amide bonds. The Morgan fingerprint density at radius 1 is 1.35 bits per heavy atom. The summed E-state index contributed by atoms with van der Waals surface area (Å²) in [6, 6.07) is 5.42. The van der Waals surface area contributed by atoms with Crippen LogP contribution in [0.3, 0.4) is 0 Å². The number of H-pyrrole nitrogens is 1. The molecule has 0 aliphatic carbocycles. The lowest BCUT2D eigenvalue weighted by molar-refractivity contribution is 0.234. The zero-order valence-electron chi connectivity index (χ0n) is 13.9. The van der Waals surface area contributed by atoms with Crippen LogP contribution >= 0.6 is 0 Å². The van der Waals surface area contributed by atoms with Crippen molar-refractivity contribution in [1.29, 1.82) is 0 Å². The maximum atomic E-state index is 12.0. The summed E-state index contributed by atoms with van der Waals surface area (Å²) >= 11 is 0. The van der Waals surface area contributed by atoms with Crippen molar-refractivity contribution < 1.29 is 9.53 Å². The minimum atomic E-state index is -0.273. The second-order valence-corrected chi connectivity index (χ2v) is 5.70. The van der Waals surface area contributed by atoms with Crippen LogP contribution in [0.25, 0.3) is 0 Å². The highest BCUT2D eigenvalue weighted by atomic mass is 16.5. The Labute approximate surface area is 135 Å². The molecule has 1 aromatic carbocycles. The molecule has 23 heavy (non-hydrogen) atoms. The summed E-state index contributed by atoms with van der Waals surface area (Å²) in [5, 5.41) is 12.1. The van der Waals surface area contributed by atoms with Gasteiger partial charge in [-0.3, -0.25) is 5.10 Å². The highest BCUT2D eigenvalue weighted by Crippen LogP contribution is 2.21. The molecule has 1 atom stereocenters. The van der Waals surface area contributed by atoms with E-state index in [-0.39, 0.29) is 18.2 Å². The molecule has 0 fully saturated rings. The minimum absolute atomic E-state index is 0.0795. The number of rotatable bonds is 6. The van der Waals surface area contributed by atoms with E-state index in [1.54, 1.807) is 0 Å². The number of aromatic nitrogens is 3. The van der Waals surface area contributed by atoms with Gasteiger partial charge in [0.25, 0.3) is 0 Å². The first-order valence-corrected chi connectivity index (χ1v) is 7.61. The van der Waals surface area contributed by atoms with Crippen molar-refractivity contribution in [3.05, 3.63) is 41.5 Å². The lowest BCUT2D eigenvalue weighted by atomic mass is 10.1. The van der Waals surface area contributed by atoms with Gasteiger partial charge in [0, 0.05) is 12.1 Å². The summed E-state index contributed by atoms with van der Waals surface area (Å²) in [6.45, 7) is 8.18. The zero-order valence-corrected chi connectivity index (χ0v) is 13.9. The standard InChI is InChI=1S/C16H23N5O2/c1-10(2)23-14-7-11(3)5-6-13(14)8-17-16(22)20-12(4)15-18-9-19-21-15/h5-7,9-10,12H,8H2,1-4H3,(H2,17,20,22)(H,18,19,21). The van der Waals surface area contributed by atoms with Crippen molar-refractivity contribution in [2.75, 3.05) is 0 Å². The van der Waals surface area contributed by atoms with Gasteiger partial charge in [-0.2, -0.15) is 5.10 Å². The van der Waals surface area contributed by atoms with Gasteiger partial charge in [0.2, 0.25) is 0 Å². The Bertz CT molecular complexity index is 640. The van der Waals surface area contributed by atoms with Crippen molar-refractivity contribution in [2.24, 2.45) is 0 Å². The Balaban J connectivity index is 1.93. The van der Waals surface area contributed by atoms with E-state index in [1.807, 2.05) is 45.9 Å². The molecule has 0 bridgehead atoms. The largest absolute Gasteiger partial charge is 0.491 e. The lowest BCUT2D eigenvalue weighted by Gasteiger charge is -2.16. The minimum Gasteiger partial charge on any atom is -0.491 e. The van der Waals surface area contributed by atoms with Gasteiger partial charge in [-0.1, -0.05) is 12.1 Å². The van der Waals surface area contributed by atoms with Crippen LogP contribution in [0.4, 0.5) is 4.79 Å². The van der Waals surface area contributed by atoms with E-state index >= 15 is 0 Å². The van der Waals surface area contributed by atoms with Gasteiger partial charge in [-0.25, -0.2) is 9.78 Å². The molecule has 7 nitrogen and oxygen atoms in total. The number of carbonyl (C=O) groups excluding carboxylic acids is 1. The Morgan fingerprint density at radius 3 is 2.78 bits per heavy atom. The third-order valence-corrected chi connectivity index (χ3v) is 3.22. The van der Waals surface area contributed by atoms with Gasteiger partial charge in [-0.05, 0) is 39.3 Å². The molecule has 0 saturated heterocycles. The van der Waals surface area contributed by atoms with Crippen LogP contribution in [-0.2, 0) is 6.54 Å². The van der Waals surface area contributed by atoms with Crippen LogP contribution < -0.4 is 15.4 Å². The third kappa shape index (κ3) is 4.98. The molecule has 1 aromatic heterocycles. The number of nitrogens with zero attached hydrogens (tertiary/aromatic N) is 2. The van der Waals surface area contributed by atoms with Crippen molar-refractivity contribution in [3.63, 3.8) is 0 Å². The summed E-state index contributed by atoms with van der Waals surface area (Å²) in [4.78, 5) is 16.0. The second-order valence-electron chi connectivity index (χ2n) is 5.70. The SMILES string of the molecule is Cc1ccc(CNC(=O)NC(C)c2ncn[nH]2)c(OC(C)C)c1. The van der Waals surface area contributed by atoms with Crippen LogP contribution in [0.15, 0.2) is 24.5 Å². The maximum absolute atomic E-state index is 12.0. The molecule has 124 valence electrons. The molecule has 3 N–H and O–H groups in total. The van der Waals surface area contributed by atoms with E-state index < -0.39 is 0 Å². The van der Waals surface area contributed by atoms with E-state index in [9.17, 15) is 4.79 Å². The smallest absolute Gasteiger partial charge is 0.315 e. The molecule has 0 aliphatic heterocycles. The molecule has 1 unspecified atom stereocenters. The first-order valence-electron chi connectivity index (χ1n) is 7.61. The first-order chi connectivity index (χ1) is 11.0. The van der Waals surface area contributed by atoms with Crippen LogP contribution in [0.1, 0.15) is 43.8 Å². The van der Waals surface area contributed by atoms with Gasteiger partial charge in [-0.15, -0.1) is 0 Å². The molecule has 0 spiro atoms. The summed E-state index contributed by atoms with van der Waals surface area (Å²) in [5.74, 6) is 1.41. The number of urea groups is 1. The lowest BCUT2D eigenvalue weighted by Crippen LogP contribution is -2.37. The maximum Gasteiger partial charge on any atom is 0.315 e. The number of amides is 2. The number of carbonyl (C=O) groups is 1. The zero-order chi connectivity index (χ0) is 16.8. The summed E-state index contributed by atoms with van der Waals surface area (Å²) in [5.41, 5.74) is 2.06. The highest BCUT2D eigenvalue weighted by Gasteiger charge is 2.12. The van der Waals surface area contributed by atoms with Gasteiger partial charge in [0.05, 0.1) is 12.1 Å². The molecular formula is C16H23N5O2. The first kappa shape index (κ1) is 16.8. The fourth-order valence-electron chi connectivity index (χ4n) is 2.09. The van der Waals surface area contributed by atoms with Crippen molar-refractivity contribution in [1.82, 2.24) is 25.8 Å². The summed E-state index contributed by atoms with van der Waals surface area (Å²) in [6.07, 6.45) is 1.49. The van der Waals surface area contributed by atoms with E-state index in [1.165, 1.54) is 6.33 Å². The van der Waals surface area contributed by atoms with E-state index in [2.05, 4.69) is 25.8 Å². The van der Waals surface area contributed by atoms with Gasteiger partial charge in [0.1, 0.15) is 17.9 Å². The van der Waals surface area contributed by atoms with Crippen molar-refractivity contribution in [3.8, 4) is 5.75 Å². The van der Waals surface area contributed by atoms with Crippen LogP contribution in [0.5, 0.6) is 5.75 Å². The number of benzene rings is 1. The van der Waals surface area contributed by atoms with Crippen LogP contribution in [0, 0.1) is 6.92 Å². The van der Waals surface area contributed by atoms with Crippen LogP contribution in [0.2, 0.25) is 0 Å². The van der Waals surface area contributed by atoms with Gasteiger partial charge in [0.15, 0.2) is 0 Å². The molecule has 2 aromatic rings. The summed E-state index contributed by atoms with van der Waals surface area (Å²) in [7, 11) is 0. The number of aromatic amines is 1. The molecule has 1 heterocycles. The number of hydrogen-bond acceptors (Lipinski definition) is 4. The number of ether oxygens (including phenoxy) is 1. The molecule has 0 saturated carbocycles. The average molecular weight is 317 g/mol. The molecular weight excluding hydrogens is 294 g/mol. The number of aryl methyl sites for hydroxylation is 1. The van der Waals surface area contributed by atoms with Crippen molar-refractivity contribution >= 4 is 6.03 Å². The average Bonchev–Trinajstić information content (AvgIpc) is 3.00. The topological polar surface area (TPSA) is 91.9 Å². The monoisotopic (exact) mass is 317 g/mol. The Morgan fingerprint density at radius 2 is 2.13 bits per heavy atom. The van der Waals surface area contributed by atoms with Crippen LogP contribution in [-0.4, -0.2) is 27.3 Å². The number of hydrogen-bond donors (Lipinski definition) is 3. The third-order valence-electron chi connectivity index (χ3n) is 3.22. The fourth-order valence-corrected chi connectivity index (χ4v) is 2.09. The number of nitrogens with one attached hydrogen (secondary N) is 3. The van der Waals surface area contributed by atoms with E-state index in [0.717, 1.165) is 16.9 Å². The fraction of sp³-hybridized carbons (Fsp3) is 0.438.